The molecule has 0 aromatic heterocycles. The van der Waals surface area contributed by atoms with Crippen molar-refractivity contribution in [2.24, 2.45) is 0 Å². The molecule has 110 valence electrons. The molecule has 0 saturated heterocycles. The molecule has 0 aliphatic carbocycles. The van der Waals surface area contributed by atoms with Gasteiger partial charge in [-0.25, -0.2) is 8.78 Å². The number of rotatable bonds is 7. The number of benzene rings is 1. The van der Waals surface area contributed by atoms with Gasteiger partial charge in [0.1, 0.15) is 0 Å². The summed E-state index contributed by atoms with van der Waals surface area (Å²) in [6, 6.07) is 3.59. The highest BCUT2D eigenvalue weighted by atomic mass is 32.2. The van der Waals surface area contributed by atoms with Gasteiger partial charge in [-0.2, -0.15) is 0 Å². The van der Waals surface area contributed by atoms with Crippen LogP contribution in [0.15, 0.2) is 23.1 Å². The van der Waals surface area contributed by atoms with E-state index in [0.717, 1.165) is 12.1 Å². The summed E-state index contributed by atoms with van der Waals surface area (Å²) in [4.78, 5) is 23.1. The van der Waals surface area contributed by atoms with E-state index >= 15 is 0 Å². The number of carbonyl (C=O) groups excluding carboxylic acids is 2. The molecular weight excluding hydrogens is 286 g/mol. The van der Waals surface area contributed by atoms with Crippen molar-refractivity contribution in [1.82, 2.24) is 10.6 Å². The van der Waals surface area contributed by atoms with Crippen LogP contribution in [-0.4, -0.2) is 30.7 Å². The molecule has 0 unspecified atom stereocenters. The first-order valence-corrected chi connectivity index (χ1v) is 7.12. The van der Waals surface area contributed by atoms with Crippen LogP contribution in [0.3, 0.4) is 0 Å². The highest BCUT2D eigenvalue weighted by molar-refractivity contribution is 7.99. The molecule has 0 aliphatic rings. The van der Waals surface area contributed by atoms with Gasteiger partial charge < -0.3 is 10.6 Å². The molecule has 2 N–H and O–H groups in total. The molecule has 0 heterocycles. The second-order valence-electron chi connectivity index (χ2n) is 3.90. The highest BCUT2D eigenvalue weighted by Gasteiger charge is 2.06. The van der Waals surface area contributed by atoms with Crippen LogP contribution in [0.5, 0.6) is 0 Å². The van der Waals surface area contributed by atoms with Crippen LogP contribution in [-0.2, 0) is 9.59 Å². The molecule has 0 bridgehead atoms. The third-order valence-corrected chi connectivity index (χ3v) is 3.30. The molecule has 2 amide bonds. The van der Waals surface area contributed by atoms with Crippen molar-refractivity contribution >= 4 is 23.6 Å². The van der Waals surface area contributed by atoms with Crippen LogP contribution in [0.1, 0.15) is 13.3 Å². The maximum Gasteiger partial charge on any atom is 0.239 e. The zero-order chi connectivity index (χ0) is 15.0. The van der Waals surface area contributed by atoms with E-state index in [-0.39, 0.29) is 24.8 Å². The molecule has 1 aromatic carbocycles. The van der Waals surface area contributed by atoms with E-state index < -0.39 is 11.6 Å². The van der Waals surface area contributed by atoms with E-state index in [0.29, 0.717) is 17.2 Å². The summed E-state index contributed by atoms with van der Waals surface area (Å²) >= 11 is 1.25. The van der Waals surface area contributed by atoms with Crippen LogP contribution in [0.2, 0.25) is 0 Å². The summed E-state index contributed by atoms with van der Waals surface area (Å²) < 4.78 is 25.6. The van der Waals surface area contributed by atoms with E-state index in [9.17, 15) is 18.4 Å². The van der Waals surface area contributed by atoms with Gasteiger partial charge in [0.25, 0.3) is 0 Å². The van der Waals surface area contributed by atoms with Gasteiger partial charge in [0.2, 0.25) is 11.8 Å². The average Bonchev–Trinajstić information content (AvgIpc) is 2.41. The van der Waals surface area contributed by atoms with Gasteiger partial charge in [-0.05, 0) is 25.1 Å². The van der Waals surface area contributed by atoms with Gasteiger partial charge in [-0.15, -0.1) is 11.8 Å². The molecular formula is C13H16F2N2O2S. The van der Waals surface area contributed by atoms with Gasteiger partial charge in [0.15, 0.2) is 11.6 Å². The van der Waals surface area contributed by atoms with Crippen LogP contribution in [0, 0.1) is 11.6 Å². The zero-order valence-corrected chi connectivity index (χ0v) is 11.9. The predicted molar refractivity (Wildman–Crippen MR) is 73.4 cm³/mol. The predicted octanol–water partition coefficient (Wildman–Crippen LogP) is 1.70. The Morgan fingerprint density at radius 3 is 2.55 bits per heavy atom. The number of hydrogen-bond acceptors (Lipinski definition) is 3. The Morgan fingerprint density at radius 1 is 1.15 bits per heavy atom. The number of amides is 2. The lowest BCUT2D eigenvalue weighted by Crippen LogP contribution is -2.36. The van der Waals surface area contributed by atoms with Crippen molar-refractivity contribution in [2.75, 3.05) is 18.8 Å². The second-order valence-corrected chi connectivity index (χ2v) is 5.07. The Kier molecular flexibility index (Phi) is 7.00. The normalized spacial score (nSPS) is 10.2. The van der Waals surface area contributed by atoms with E-state index in [1.54, 1.807) is 6.92 Å². The standard InChI is InChI=1S/C13H16F2N2O2S/c1-2-16-13(19)8-17-12(18)5-6-20-9-3-4-10(14)11(15)7-9/h3-4,7H,2,5-6,8H2,1H3,(H,16,19)(H,17,18). The van der Waals surface area contributed by atoms with Gasteiger partial charge in [0.05, 0.1) is 6.54 Å². The molecule has 0 radical (unpaired) electrons. The first-order chi connectivity index (χ1) is 9.52. The van der Waals surface area contributed by atoms with Crippen molar-refractivity contribution in [1.29, 1.82) is 0 Å². The quantitative estimate of drug-likeness (QED) is 0.754. The number of halogens is 2. The summed E-state index contributed by atoms with van der Waals surface area (Å²) in [5.74, 6) is -1.88. The van der Waals surface area contributed by atoms with Gasteiger partial charge >= 0.3 is 0 Å². The fourth-order valence-corrected chi connectivity index (χ4v) is 2.23. The molecule has 0 spiro atoms. The molecule has 1 aromatic rings. The number of thioether (sulfide) groups is 1. The topological polar surface area (TPSA) is 58.2 Å². The zero-order valence-electron chi connectivity index (χ0n) is 11.0. The summed E-state index contributed by atoms with van der Waals surface area (Å²) in [6.45, 7) is 2.25. The second kappa shape index (κ2) is 8.52. The number of nitrogens with one attached hydrogen (secondary N) is 2. The van der Waals surface area contributed by atoms with Gasteiger partial charge in [-0.3, -0.25) is 9.59 Å². The minimum Gasteiger partial charge on any atom is -0.355 e. The fraction of sp³-hybridized carbons (Fsp3) is 0.385. The molecule has 0 atom stereocenters. The van der Waals surface area contributed by atoms with E-state index in [4.69, 9.17) is 0 Å². The van der Waals surface area contributed by atoms with E-state index in [1.165, 1.54) is 17.8 Å². The summed E-state index contributed by atoms with van der Waals surface area (Å²) in [6.07, 6.45) is 0.197. The van der Waals surface area contributed by atoms with Crippen LogP contribution in [0.25, 0.3) is 0 Å². The van der Waals surface area contributed by atoms with Crippen LogP contribution >= 0.6 is 11.8 Å². The Balaban J connectivity index is 2.24. The first kappa shape index (κ1) is 16.4. The molecule has 0 fully saturated rings. The van der Waals surface area contributed by atoms with Crippen molar-refractivity contribution in [2.45, 2.75) is 18.2 Å². The summed E-state index contributed by atoms with van der Waals surface area (Å²) in [7, 11) is 0. The summed E-state index contributed by atoms with van der Waals surface area (Å²) in [5, 5.41) is 5.03. The molecule has 7 heteroatoms. The Hall–Kier alpha value is -1.63. The lowest BCUT2D eigenvalue weighted by atomic mass is 10.3. The lowest BCUT2D eigenvalue weighted by Gasteiger charge is -2.05. The first-order valence-electron chi connectivity index (χ1n) is 6.14. The third kappa shape index (κ3) is 6.01. The Bertz CT molecular complexity index is 483. The molecule has 1 rings (SSSR count). The number of hydrogen-bond donors (Lipinski definition) is 2. The third-order valence-electron chi connectivity index (χ3n) is 2.31. The number of likely N-dealkylation sites (N-methyl/N-ethyl adjacent to an activating group) is 1. The van der Waals surface area contributed by atoms with Crippen molar-refractivity contribution in [3.8, 4) is 0 Å². The van der Waals surface area contributed by atoms with Crippen molar-refractivity contribution in [3.63, 3.8) is 0 Å². The smallest absolute Gasteiger partial charge is 0.239 e. The Morgan fingerprint density at radius 2 is 1.90 bits per heavy atom. The summed E-state index contributed by atoms with van der Waals surface area (Å²) in [5.41, 5.74) is 0. The number of carbonyl (C=O) groups is 2. The fourth-order valence-electron chi connectivity index (χ4n) is 1.36. The molecule has 0 saturated carbocycles. The maximum atomic E-state index is 12.9. The SMILES string of the molecule is CCNC(=O)CNC(=O)CCSc1ccc(F)c(F)c1. The molecule has 4 nitrogen and oxygen atoms in total. The monoisotopic (exact) mass is 302 g/mol. The van der Waals surface area contributed by atoms with Crippen molar-refractivity contribution in [3.05, 3.63) is 29.8 Å². The molecule has 0 aliphatic heterocycles. The van der Waals surface area contributed by atoms with Gasteiger partial charge in [0, 0.05) is 23.6 Å². The van der Waals surface area contributed by atoms with Crippen molar-refractivity contribution < 1.29 is 18.4 Å². The van der Waals surface area contributed by atoms with E-state index in [1.807, 2.05) is 0 Å². The highest BCUT2D eigenvalue weighted by Crippen LogP contribution is 2.20. The average molecular weight is 302 g/mol. The van der Waals surface area contributed by atoms with E-state index in [2.05, 4.69) is 10.6 Å². The van der Waals surface area contributed by atoms with Gasteiger partial charge in [-0.1, -0.05) is 0 Å². The minimum atomic E-state index is -0.907. The molecule has 20 heavy (non-hydrogen) atoms. The lowest BCUT2D eigenvalue weighted by molar-refractivity contribution is -0.125. The van der Waals surface area contributed by atoms with Crippen LogP contribution in [0.4, 0.5) is 8.78 Å². The minimum absolute atomic E-state index is 0.0531. The largest absolute Gasteiger partial charge is 0.355 e. The maximum absolute atomic E-state index is 12.9. The van der Waals surface area contributed by atoms with Crippen LogP contribution < -0.4 is 10.6 Å². The Labute approximate surface area is 120 Å².